The summed E-state index contributed by atoms with van der Waals surface area (Å²) in [5, 5.41) is 4.30. The number of nitrogens with one attached hydrogen (secondary N) is 2. The number of pyridine rings is 2. The Balaban J connectivity index is 1.44. The minimum Gasteiger partial charge on any atom is -0.346 e. The lowest BCUT2D eigenvalue weighted by Gasteiger charge is -2.07. The van der Waals surface area contributed by atoms with Crippen molar-refractivity contribution in [2.45, 2.75) is 19.9 Å². The number of anilines is 1. The summed E-state index contributed by atoms with van der Waals surface area (Å²) in [5.74, 6) is -0.556. The third-order valence-corrected chi connectivity index (χ3v) is 5.22. The van der Waals surface area contributed by atoms with Crippen LogP contribution in [0.1, 0.15) is 46.2 Å². The van der Waals surface area contributed by atoms with E-state index in [2.05, 4.69) is 30.2 Å². The number of fused-ring (bicyclic) bond motifs is 2. The van der Waals surface area contributed by atoms with E-state index in [1.807, 2.05) is 24.5 Å². The van der Waals surface area contributed by atoms with Gasteiger partial charge in [-0.15, -0.1) is 0 Å². The summed E-state index contributed by atoms with van der Waals surface area (Å²) in [6, 6.07) is 5.33. The first kappa shape index (κ1) is 19.6. The van der Waals surface area contributed by atoms with Gasteiger partial charge in [0.05, 0.1) is 23.0 Å². The van der Waals surface area contributed by atoms with E-state index >= 15 is 0 Å². The molecular formula is C23H19N7O2. The quantitative estimate of drug-likeness (QED) is 0.414. The molecule has 5 aromatic heterocycles. The standard InChI is InChI=1S/C23H19N7O2/c1-13(2)30-11-19(18-10-25-12-28-22(18)30)20(31)15-6-17(9-24-7-15)29-23(32)16-5-14-3-4-26-21(14)27-8-16/h3-13H,1-2H3,(H,26,27)(H,29,32). The van der Waals surface area contributed by atoms with Gasteiger partial charge in [0.15, 0.2) is 5.78 Å². The van der Waals surface area contributed by atoms with Crippen molar-refractivity contribution in [2.24, 2.45) is 0 Å². The van der Waals surface area contributed by atoms with Gasteiger partial charge < -0.3 is 14.9 Å². The zero-order valence-electron chi connectivity index (χ0n) is 17.4. The molecule has 9 heteroatoms. The molecule has 1 amide bonds. The average Bonchev–Trinajstić information content (AvgIpc) is 3.43. The molecule has 5 heterocycles. The van der Waals surface area contributed by atoms with Crippen LogP contribution < -0.4 is 5.32 Å². The molecule has 32 heavy (non-hydrogen) atoms. The molecule has 5 rings (SSSR count). The molecule has 158 valence electrons. The smallest absolute Gasteiger partial charge is 0.257 e. The van der Waals surface area contributed by atoms with Crippen LogP contribution in [-0.2, 0) is 0 Å². The number of carbonyl (C=O) groups is 2. The topological polar surface area (TPSA) is 118 Å². The summed E-state index contributed by atoms with van der Waals surface area (Å²) < 4.78 is 1.94. The number of hydrogen-bond acceptors (Lipinski definition) is 6. The highest BCUT2D eigenvalue weighted by molar-refractivity contribution is 6.16. The molecule has 0 aliphatic heterocycles. The van der Waals surface area contributed by atoms with Gasteiger partial charge in [-0.25, -0.2) is 15.0 Å². The fourth-order valence-corrected chi connectivity index (χ4v) is 3.62. The van der Waals surface area contributed by atoms with Crippen LogP contribution in [0.15, 0.2) is 61.7 Å². The van der Waals surface area contributed by atoms with Gasteiger partial charge in [-0.2, -0.15) is 0 Å². The molecule has 0 saturated carbocycles. The van der Waals surface area contributed by atoms with E-state index in [1.54, 1.807) is 30.7 Å². The SMILES string of the molecule is CC(C)n1cc(C(=O)c2cncc(NC(=O)c3cnc4[nH]ccc4c3)c2)c2cncnc21. The average molecular weight is 425 g/mol. The van der Waals surface area contributed by atoms with Gasteiger partial charge in [0, 0.05) is 53.4 Å². The Hall–Kier alpha value is -4.40. The van der Waals surface area contributed by atoms with Crippen LogP contribution in [0.25, 0.3) is 22.1 Å². The fraction of sp³-hybridized carbons (Fsp3) is 0.130. The Morgan fingerprint density at radius 2 is 1.91 bits per heavy atom. The summed E-state index contributed by atoms with van der Waals surface area (Å²) >= 11 is 0. The van der Waals surface area contributed by atoms with E-state index in [-0.39, 0.29) is 17.7 Å². The van der Waals surface area contributed by atoms with Crippen molar-refractivity contribution >= 4 is 39.4 Å². The van der Waals surface area contributed by atoms with Crippen LogP contribution in [0.5, 0.6) is 0 Å². The van der Waals surface area contributed by atoms with Crippen LogP contribution in [0.3, 0.4) is 0 Å². The van der Waals surface area contributed by atoms with Gasteiger partial charge in [0.2, 0.25) is 0 Å². The molecular weight excluding hydrogens is 406 g/mol. The number of aromatic nitrogens is 6. The zero-order valence-corrected chi connectivity index (χ0v) is 17.4. The van der Waals surface area contributed by atoms with Crippen molar-refractivity contribution in [2.75, 3.05) is 5.32 Å². The molecule has 0 saturated heterocycles. The Bertz CT molecular complexity index is 1480. The van der Waals surface area contributed by atoms with Crippen molar-refractivity contribution < 1.29 is 9.59 Å². The van der Waals surface area contributed by atoms with Crippen LogP contribution in [-0.4, -0.2) is 41.2 Å². The first-order chi connectivity index (χ1) is 15.5. The molecule has 9 nitrogen and oxygen atoms in total. The molecule has 0 unspecified atom stereocenters. The number of ketones is 1. The van der Waals surface area contributed by atoms with E-state index in [0.717, 1.165) is 5.39 Å². The normalized spacial score (nSPS) is 11.3. The number of aromatic amines is 1. The zero-order chi connectivity index (χ0) is 22.2. The molecule has 0 spiro atoms. The predicted octanol–water partition coefficient (Wildman–Crippen LogP) is 3.77. The third kappa shape index (κ3) is 3.39. The van der Waals surface area contributed by atoms with Crippen molar-refractivity contribution in [3.63, 3.8) is 0 Å². The van der Waals surface area contributed by atoms with E-state index in [4.69, 9.17) is 0 Å². The van der Waals surface area contributed by atoms with Crippen LogP contribution in [0.2, 0.25) is 0 Å². The maximum absolute atomic E-state index is 13.3. The number of rotatable bonds is 5. The second kappa shape index (κ2) is 7.69. The van der Waals surface area contributed by atoms with Crippen molar-refractivity contribution in [1.82, 2.24) is 29.5 Å². The summed E-state index contributed by atoms with van der Waals surface area (Å²) in [6.45, 7) is 4.04. The Labute approximate surface area is 182 Å². The molecule has 0 radical (unpaired) electrons. The van der Waals surface area contributed by atoms with Crippen molar-refractivity contribution in [3.8, 4) is 0 Å². The number of H-pyrrole nitrogens is 1. The van der Waals surface area contributed by atoms with Gasteiger partial charge in [-0.3, -0.25) is 14.6 Å². The van der Waals surface area contributed by atoms with E-state index < -0.39 is 0 Å². The first-order valence-corrected chi connectivity index (χ1v) is 10.1. The molecule has 0 aliphatic rings. The molecule has 0 bridgehead atoms. The van der Waals surface area contributed by atoms with Gasteiger partial charge in [0.25, 0.3) is 5.91 Å². The third-order valence-electron chi connectivity index (χ3n) is 5.22. The summed E-state index contributed by atoms with van der Waals surface area (Å²) in [5.41, 5.74) is 3.07. The maximum atomic E-state index is 13.3. The van der Waals surface area contributed by atoms with Crippen LogP contribution >= 0.6 is 0 Å². The van der Waals surface area contributed by atoms with Crippen LogP contribution in [0.4, 0.5) is 5.69 Å². The minimum atomic E-state index is -0.336. The summed E-state index contributed by atoms with van der Waals surface area (Å²) in [6.07, 6.45) is 11.1. The van der Waals surface area contributed by atoms with E-state index in [1.165, 1.54) is 24.9 Å². The lowest BCUT2D eigenvalue weighted by atomic mass is 10.1. The van der Waals surface area contributed by atoms with Gasteiger partial charge in [0.1, 0.15) is 17.6 Å². The lowest BCUT2D eigenvalue weighted by Crippen LogP contribution is -2.13. The molecule has 0 aromatic carbocycles. The number of nitrogens with zero attached hydrogens (tertiary/aromatic N) is 5. The Morgan fingerprint density at radius 3 is 2.75 bits per heavy atom. The monoisotopic (exact) mass is 425 g/mol. The van der Waals surface area contributed by atoms with Crippen LogP contribution in [0, 0.1) is 0 Å². The number of amides is 1. The lowest BCUT2D eigenvalue weighted by molar-refractivity contribution is 0.102. The minimum absolute atomic E-state index is 0.128. The van der Waals surface area contributed by atoms with Crippen molar-refractivity contribution in [3.05, 3.63) is 78.4 Å². The molecule has 0 fully saturated rings. The Kier molecular flexibility index (Phi) is 4.70. The van der Waals surface area contributed by atoms with E-state index in [9.17, 15) is 9.59 Å². The highest BCUT2D eigenvalue weighted by Gasteiger charge is 2.20. The Morgan fingerprint density at radius 1 is 1.03 bits per heavy atom. The maximum Gasteiger partial charge on any atom is 0.257 e. The number of carbonyl (C=O) groups excluding carboxylic acids is 2. The molecule has 2 N–H and O–H groups in total. The van der Waals surface area contributed by atoms with Crippen molar-refractivity contribution in [1.29, 1.82) is 0 Å². The largest absolute Gasteiger partial charge is 0.346 e. The summed E-state index contributed by atoms with van der Waals surface area (Å²) in [4.78, 5) is 45.7. The highest BCUT2D eigenvalue weighted by Crippen LogP contribution is 2.25. The van der Waals surface area contributed by atoms with Gasteiger partial charge in [-0.05, 0) is 32.0 Å². The fourth-order valence-electron chi connectivity index (χ4n) is 3.62. The van der Waals surface area contributed by atoms with Gasteiger partial charge in [-0.1, -0.05) is 0 Å². The number of hydrogen-bond donors (Lipinski definition) is 2. The highest BCUT2D eigenvalue weighted by atomic mass is 16.1. The molecule has 5 aromatic rings. The first-order valence-electron chi connectivity index (χ1n) is 10.1. The second-order valence-corrected chi connectivity index (χ2v) is 7.69. The summed E-state index contributed by atoms with van der Waals surface area (Å²) in [7, 11) is 0. The second-order valence-electron chi connectivity index (χ2n) is 7.69. The molecule has 0 aliphatic carbocycles. The van der Waals surface area contributed by atoms with E-state index in [0.29, 0.717) is 39.1 Å². The molecule has 0 atom stereocenters. The predicted molar refractivity (Wildman–Crippen MR) is 120 cm³/mol. The van der Waals surface area contributed by atoms with Gasteiger partial charge >= 0.3 is 0 Å².